The molecule has 0 aromatic heterocycles. The fourth-order valence-corrected chi connectivity index (χ4v) is 6.21. The predicted octanol–water partition coefficient (Wildman–Crippen LogP) is 4.73. The van der Waals surface area contributed by atoms with E-state index in [9.17, 15) is 4.79 Å². The van der Waals surface area contributed by atoms with Gasteiger partial charge in [-0.3, -0.25) is 4.90 Å². The van der Waals surface area contributed by atoms with Crippen LogP contribution < -0.4 is 10.1 Å². The van der Waals surface area contributed by atoms with Crippen LogP contribution in [-0.2, 0) is 17.6 Å². The highest BCUT2D eigenvalue weighted by Gasteiger charge is 2.42. The lowest BCUT2D eigenvalue weighted by Crippen LogP contribution is -2.53. The third-order valence-corrected chi connectivity index (χ3v) is 8.02. The number of rotatable bonds is 3. The van der Waals surface area contributed by atoms with Crippen LogP contribution in [0.5, 0.6) is 5.75 Å². The van der Waals surface area contributed by atoms with E-state index in [0.29, 0.717) is 5.92 Å². The highest BCUT2D eigenvalue weighted by Crippen LogP contribution is 2.46. The molecule has 32 heavy (non-hydrogen) atoms. The second-order valence-corrected chi connectivity index (χ2v) is 10.7. The van der Waals surface area contributed by atoms with Crippen molar-refractivity contribution in [1.29, 1.82) is 0 Å². The number of fused-ring (bicyclic) bond motifs is 5. The average Bonchev–Trinajstić information content (AvgIpc) is 3.35. The molecule has 2 aromatic carbocycles. The smallest absolute Gasteiger partial charge is 0.407 e. The van der Waals surface area contributed by atoms with Crippen molar-refractivity contribution in [1.82, 2.24) is 10.2 Å². The van der Waals surface area contributed by atoms with Gasteiger partial charge in [-0.05, 0) is 83.6 Å². The summed E-state index contributed by atoms with van der Waals surface area (Å²) in [5, 5.41) is 3.23. The quantitative estimate of drug-likeness (QED) is 0.762. The molecule has 4 aliphatic heterocycles. The van der Waals surface area contributed by atoms with Crippen LogP contribution in [0.2, 0.25) is 0 Å². The second kappa shape index (κ2) is 7.51. The minimum atomic E-state index is -0.266. The molecule has 0 spiro atoms. The van der Waals surface area contributed by atoms with Gasteiger partial charge in [-0.25, -0.2) is 4.79 Å². The third kappa shape index (κ3) is 3.47. The van der Waals surface area contributed by atoms with Gasteiger partial charge >= 0.3 is 6.09 Å². The van der Waals surface area contributed by atoms with Crippen LogP contribution in [-0.4, -0.2) is 43.3 Å². The first kappa shape index (κ1) is 20.1. The van der Waals surface area contributed by atoms with Crippen molar-refractivity contribution in [2.24, 2.45) is 11.3 Å². The van der Waals surface area contributed by atoms with E-state index in [0.717, 1.165) is 57.7 Å². The van der Waals surface area contributed by atoms with Gasteiger partial charge in [-0.15, -0.1) is 0 Å². The molecule has 3 saturated heterocycles. The Bertz CT molecular complexity index is 1050. The number of nitrogens with one attached hydrogen (secondary N) is 1. The Morgan fingerprint density at radius 3 is 2.59 bits per heavy atom. The van der Waals surface area contributed by atoms with Gasteiger partial charge in [0.1, 0.15) is 11.9 Å². The van der Waals surface area contributed by atoms with Gasteiger partial charge in [0.05, 0.1) is 12.6 Å². The molecule has 1 N–H and O–H groups in total. The first-order valence-electron chi connectivity index (χ1n) is 12.0. The molecule has 5 nitrogen and oxygen atoms in total. The van der Waals surface area contributed by atoms with Crippen LogP contribution in [0.1, 0.15) is 49.4 Å². The SMILES string of the molecule is CC1(C)Cc2cc(-c3ccc4c(c3)CCO4)ccc2C1NC(=O)O[C@H]1CN2CCC1CC2. The summed E-state index contributed by atoms with van der Waals surface area (Å²) in [6.07, 6.45) is 3.98. The first-order valence-corrected chi connectivity index (χ1v) is 12.0. The number of ether oxygens (including phenoxy) is 2. The van der Waals surface area contributed by atoms with Gasteiger partial charge in [-0.1, -0.05) is 38.1 Å². The number of nitrogens with zero attached hydrogens (tertiary/aromatic N) is 1. The summed E-state index contributed by atoms with van der Waals surface area (Å²) in [5.41, 5.74) is 6.23. The normalized spacial score (nSPS) is 29.2. The molecule has 4 heterocycles. The Morgan fingerprint density at radius 1 is 1.09 bits per heavy atom. The molecule has 0 saturated carbocycles. The highest BCUT2D eigenvalue weighted by atomic mass is 16.6. The molecule has 2 aromatic rings. The molecular weight excluding hydrogens is 400 g/mol. The summed E-state index contributed by atoms with van der Waals surface area (Å²) in [6, 6.07) is 13.1. The maximum Gasteiger partial charge on any atom is 0.407 e. The third-order valence-electron chi connectivity index (χ3n) is 8.02. The Labute approximate surface area is 190 Å². The molecule has 5 heteroatoms. The predicted molar refractivity (Wildman–Crippen MR) is 124 cm³/mol. The van der Waals surface area contributed by atoms with Gasteiger partial charge in [0, 0.05) is 13.0 Å². The summed E-state index contributed by atoms with van der Waals surface area (Å²) in [7, 11) is 0. The molecule has 5 aliphatic rings. The van der Waals surface area contributed by atoms with E-state index < -0.39 is 0 Å². The molecule has 1 aliphatic carbocycles. The second-order valence-electron chi connectivity index (χ2n) is 10.7. The summed E-state index contributed by atoms with van der Waals surface area (Å²) in [5.74, 6) is 1.54. The molecule has 0 radical (unpaired) electrons. The van der Waals surface area contributed by atoms with E-state index in [2.05, 4.69) is 60.5 Å². The van der Waals surface area contributed by atoms with E-state index in [1.807, 2.05) is 0 Å². The van der Waals surface area contributed by atoms with Crippen LogP contribution in [0, 0.1) is 11.3 Å². The number of hydrogen-bond acceptors (Lipinski definition) is 4. The van der Waals surface area contributed by atoms with Crippen LogP contribution >= 0.6 is 0 Å². The maximum atomic E-state index is 12.9. The Morgan fingerprint density at radius 2 is 1.84 bits per heavy atom. The number of amides is 1. The number of carbonyl (C=O) groups excluding carboxylic acids is 1. The van der Waals surface area contributed by atoms with E-state index >= 15 is 0 Å². The molecule has 168 valence electrons. The van der Waals surface area contributed by atoms with Gasteiger partial charge in [-0.2, -0.15) is 0 Å². The number of piperidine rings is 3. The van der Waals surface area contributed by atoms with E-state index in [-0.39, 0.29) is 23.7 Å². The van der Waals surface area contributed by atoms with Crippen molar-refractivity contribution in [2.45, 2.75) is 51.7 Å². The van der Waals surface area contributed by atoms with E-state index in [1.165, 1.54) is 27.8 Å². The van der Waals surface area contributed by atoms with Crippen LogP contribution in [0.25, 0.3) is 11.1 Å². The first-order chi connectivity index (χ1) is 15.5. The lowest BCUT2D eigenvalue weighted by Gasteiger charge is -2.44. The fraction of sp³-hybridized carbons (Fsp3) is 0.519. The van der Waals surface area contributed by atoms with Crippen LogP contribution in [0.15, 0.2) is 36.4 Å². The lowest BCUT2D eigenvalue weighted by molar-refractivity contribution is -0.0348. The van der Waals surface area contributed by atoms with Crippen molar-refractivity contribution in [3.8, 4) is 16.9 Å². The molecule has 1 unspecified atom stereocenters. The zero-order chi connectivity index (χ0) is 21.9. The van der Waals surface area contributed by atoms with Crippen molar-refractivity contribution < 1.29 is 14.3 Å². The largest absolute Gasteiger partial charge is 0.493 e. The van der Waals surface area contributed by atoms with Crippen molar-refractivity contribution in [3.05, 3.63) is 53.1 Å². The molecule has 7 rings (SSSR count). The van der Waals surface area contributed by atoms with Gasteiger partial charge in [0.2, 0.25) is 0 Å². The Hall–Kier alpha value is -2.53. The van der Waals surface area contributed by atoms with Crippen molar-refractivity contribution in [2.75, 3.05) is 26.2 Å². The number of hydrogen-bond donors (Lipinski definition) is 1. The highest BCUT2D eigenvalue weighted by molar-refractivity contribution is 5.71. The summed E-state index contributed by atoms with van der Waals surface area (Å²) >= 11 is 0. The molecule has 2 bridgehead atoms. The zero-order valence-electron chi connectivity index (χ0n) is 19.0. The molecule has 2 atom stereocenters. The summed E-state index contributed by atoms with van der Waals surface area (Å²) in [4.78, 5) is 15.3. The van der Waals surface area contributed by atoms with Gasteiger partial charge in [0.15, 0.2) is 0 Å². The molecular formula is C27H32N2O3. The van der Waals surface area contributed by atoms with Crippen molar-refractivity contribution >= 4 is 6.09 Å². The minimum Gasteiger partial charge on any atom is -0.493 e. The van der Waals surface area contributed by atoms with Gasteiger partial charge < -0.3 is 14.8 Å². The van der Waals surface area contributed by atoms with E-state index in [4.69, 9.17) is 9.47 Å². The number of alkyl carbamates (subject to hydrolysis) is 1. The Kier molecular flexibility index (Phi) is 4.72. The van der Waals surface area contributed by atoms with Crippen LogP contribution in [0.3, 0.4) is 0 Å². The number of benzene rings is 2. The maximum absolute atomic E-state index is 12.9. The number of carbonyl (C=O) groups is 1. The topological polar surface area (TPSA) is 50.8 Å². The monoisotopic (exact) mass is 432 g/mol. The fourth-order valence-electron chi connectivity index (χ4n) is 6.21. The van der Waals surface area contributed by atoms with E-state index in [1.54, 1.807) is 0 Å². The zero-order valence-corrected chi connectivity index (χ0v) is 19.0. The standard InChI is InChI=1S/C27H32N2O3/c1-27(2)15-21-14-18(19-4-6-23-20(13-19)9-12-31-23)3-5-22(21)25(27)28-26(30)32-24-16-29-10-7-17(24)8-11-29/h3-6,13-14,17,24-25H,7-12,15-16H2,1-2H3,(H,28,30)/t24-,25?/m0/s1. The average molecular weight is 433 g/mol. The van der Waals surface area contributed by atoms with Gasteiger partial charge in [0.25, 0.3) is 0 Å². The summed E-state index contributed by atoms with van der Waals surface area (Å²) < 4.78 is 11.6. The molecule has 1 amide bonds. The summed E-state index contributed by atoms with van der Waals surface area (Å²) in [6.45, 7) is 8.43. The minimum absolute atomic E-state index is 0.0337. The lowest BCUT2D eigenvalue weighted by atomic mass is 9.85. The van der Waals surface area contributed by atoms with Crippen LogP contribution in [0.4, 0.5) is 4.79 Å². The van der Waals surface area contributed by atoms with Crippen molar-refractivity contribution in [3.63, 3.8) is 0 Å². The Balaban J connectivity index is 1.20. The molecule has 3 fully saturated rings.